The first-order chi connectivity index (χ1) is 11.7. The number of allylic oxidation sites excluding steroid dienone is 1. The fraction of sp³-hybridized carbons (Fsp3) is 0.211. The summed E-state index contributed by atoms with van der Waals surface area (Å²) >= 11 is 0. The molecule has 1 atom stereocenters. The fourth-order valence-electron chi connectivity index (χ4n) is 2.51. The summed E-state index contributed by atoms with van der Waals surface area (Å²) in [6, 6.07) is 16.9. The lowest BCUT2D eigenvalue weighted by Crippen LogP contribution is -2.18. The first-order valence-electron chi connectivity index (χ1n) is 7.70. The van der Waals surface area contributed by atoms with Gasteiger partial charge in [0, 0.05) is 36.6 Å². The first-order valence-corrected chi connectivity index (χ1v) is 7.70. The van der Waals surface area contributed by atoms with Gasteiger partial charge in [-0.1, -0.05) is 36.9 Å². The van der Waals surface area contributed by atoms with Crippen molar-refractivity contribution in [3.8, 4) is 0 Å². The van der Waals surface area contributed by atoms with E-state index in [0.717, 1.165) is 17.8 Å². The molecular weight excluding hydrogens is 304 g/mol. The number of ether oxygens (including phenoxy) is 1. The van der Waals surface area contributed by atoms with Crippen LogP contribution in [0.3, 0.4) is 0 Å². The van der Waals surface area contributed by atoms with Crippen molar-refractivity contribution in [2.75, 3.05) is 19.0 Å². The summed E-state index contributed by atoms with van der Waals surface area (Å²) in [7, 11) is 1.68. The Bertz CT molecular complexity index is 669. The number of benzene rings is 2. The summed E-state index contributed by atoms with van der Waals surface area (Å²) < 4.78 is 5.21. The molecule has 0 spiro atoms. The van der Waals surface area contributed by atoms with Crippen LogP contribution >= 0.6 is 0 Å². The van der Waals surface area contributed by atoms with Crippen molar-refractivity contribution in [2.45, 2.75) is 12.3 Å². The molecule has 2 rings (SSSR count). The molecule has 5 nitrogen and oxygen atoms in total. The maximum Gasteiger partial charge on any atom is 0.274 e. The number of hydrogen-bond acceptors (Lipinski definition) is 4. The largest absolute Gasteiger partial charge is 0.385 e. The van der Waals surface area contributed by atoms with Crippen molar-refractivity contribution in [2.24, 2.45) is 0 Å². The molecule has 0 radical (unpaired) electrons. The molecule has 2 aromatic rings. The summed E-state index contributed by atoms with van der Waals surface area (Å²) in [5, 5.41) is 11.9. The van der Waals surface area contributed by atoms with E-state index in [9.17, 15) is 4.79 Å². The monoisotopic (exact) mass is 326 g/mol. The van der Waals surface area contributed by atoms with Gasteiger partial charge in [0.05, 0.1) is 0 Å². The molecule has 2 aromatic carbocycles. The summed E-state index contributed by atoms with van der Waals surface area (Å²) in [4.78, 5) is 11.3. The highest BCUT2D eigenvalue weighted by Gasteiger charge is 2.15. The molecule has 0 aliphatic rings. The third kappa shape index (κ3) is 4.68. The highest BCUT2D eigenvalue weighted by Crippen LogP contribution is 2.28. The van der Waals surface area contributed by atoms with E-state index in [-0.39, 0.29) is 5.92 Å². The second-order valence-corrected chi connectivity index (χ2v) is 5.41. The fourth-order valence-corrected chi connectivity index (χ4v) is 2.51. The Balaban J connectivity index is 2.11. The van der Waals surface area contributed by atoms with Crippen molar-refractivity contribution < 1.29 is 14.7 Å². The number of hydrogen-bond donors (Lipinski definition) is 3. The van der Waals surface area contributed by atoms with Crippen molar-refractivity contribution in [1.82, 2.24) is 5.48 Å². The van der Waals surface area contributed by atoms with Crippen LogP contribution in [0, 0.1) is 0 Å². The van der Waals surface area contributed by atoms with Gasteiger partial charge in [0.2, 0.25) is 0 Å². The van der Waals surface area contributed by atoms with Crippen LogP contribution in [0.2, 0.25) is 0 Å². The molecule has 0 fully saturated rings. The van der Waals surface area contributed by atoms with Crippen LogP contribution in [-0.4, -0.2) is 24.8 Å². The van der Waals surface area contributed by atoms with Crippen LogP contribution < -0.4 is 10.8 Å². The molecule has 3 N–H and O–H groups in total. The Morgan fingerprint density at radius 1 is 1.17 bits per heavy atom. The van der Waals surface area contributed by atoms with E-state index < -0.39 is 5.91 Å². The average molecular weight is 326 g/mol. The van der Waals surface area contributed by atoms with Crippen LogP contribution in [0.5, 0.6) is 0 Å². The molecule has 0 aromatic heterocycles. The van der Waals surface area contributed by atoms with E-state index in [2.05, 4.69) is 24.0 Å². The molecule has 0 saturated heterocycles. The van der Waals surface area contributed by atoms with Gasteiger partial charge in [0.25, 0.3) is 5.91 Å². The number of anilines is 1. The quantitative estimate of drug-likeness (QED) is 0.512. The molecule has 126 valence electrons. The number of nitrogens with one attached hydrogen (secondary N) is 2. The van der Waals surface area contributed by atoms with Crippen LogP contribution in [-0.2, 0) is 4.74 Å². The number of methoxy groups -OCH3 is 1. The standard InChI is InChI=1S/C19H22N2O3/c1-14(18(12-13-24-2)15-6-4-3-5-7-15)20-17-10-8-16(9-11-17)19(22)21-23/h3-11,18,20,23H,1,12-13H2,2H3,(H,21,22). The maximum atomic E-state index is 11.3. The van der Waals surface area contributed by atoms with Crippen LogP contribution in [0.1, 0.15) is 28.3 Å². The normalized spacial score (nSPS) is 11.6. The Hall–Kier alpha value is -2.63. The summed E-state index contributed by atoms with van der Waals surface area (Å²) in [6.45, 7) is 4.80. The van der Waals surface area contributed by atoms with Crippen LogP contribution in [0.4, 0.5) is 5.69 Å². The van der Waals surface area contributed by atoms with Crippen molar-refractivity contribution in [3.05, 3.63) is 78.0 Å². The predicted octanol–water partition coefficient (Wildman–Crippen LogP) is 3.55. The maximum absolute atomic E-state index is 11.3. The zero-order valence-electron chi connectivity index (χ0n) is 13.7. The third-order valence-electron chi connectivity index (χ3n) is 3.79. The topological polar surface area (TPSA) is 70.6 Å². The molecule has 24 heavy (non-hydrogen) atoms. The second-order valence-electron chi connectivity index (χ2n) is 5.41. The molecule has 0 heterocycles. The molecule has 0 aliphatic heterocycles. The summed E-state index contributed by atoms with van der Waals surface area (Å²) in [5.74, 6) is -0.422. The predicted molar refractivity (Wildman–Crippen MR) is 94.1 cm³/mol. The van der Waals surface area contributed by atoms with Crippen LogP contribution in [0.25, 0.3) is 0 Å². The number of rotatable bonds is 8. The highest BCUT2D eigenvalue weighted by atomic mass is 16.5. The minimum absolute atomic E-state index is 0.117. The van der Waals surface area contributed by atoms with Crippen molar-refractivity contribution in [3.63, 3.8) is 0 Å². The highest BCUT2D eigenvalue weighted by molar-refractivity contribution is 5.93. The lowest BCUT2D eigenvalue weighted by atomic mass is 9.93. The molecule has 1 amide bonds. The van der Waals surface area contributed by atoms with Gasteiger partial charge < -0.3 is 10.1 Å². The number of carbonyl (C=O) groups excluding carboxylic acids is 1. The van der Waals surface area contributed by atoms with E-state index in [1.54, 1.807) is 36.9 Å². The van der Waals surface area contributed by atoms with E-state index in [1.165, 1.54) is 5.56 Å². The Morgan fingerprint density at radius 2 is 1.83 bits per heavy atom. The minimum Gasteiger partial charge on any atom is -0.385 e. The van der Waals surface area contributed by atoms with Crippen molar-refractivity contribution in [1.29, 1.82) is 0 Å². The Kier molecular flexibility index (Phi) is 6.54. The van der Waals surface area contributed by atoms with E-state index in [4.69, 9.17) is 9.94 Å². The number of carbonyl (C=O) groups is 1. The summed E-state index contributed by atoms with van der Waals surface area (Å²) in [6.07, 6.45) is 0.817. The van der Waals surface area contributed by atoms with Crippen molar-refractivity contribution >= 4 is 11.6 Å². The van der Waals surface area contributed by atoms with Gasteiger partial charge in [-0.05, 0) is 36.2 Å². The molecule has 0 saturated carbocycles. The van der Waals surface area contributed by atoms with E-state index >= 15 is 0 Å². The first kappa shape index (κ1) is 17.7. The number of hydroxylamine groups is 1. The SMILES string of the molecule is C=C(Nc1ccc(C(=O)NO)cc1)C(CCOC)c1ccccc1. The van der Waals surface area contributed by atoms with Crippen LogP contribution in [0.15, 0.2) is 66.9 Å². The number of amides is 1. The molecule has 0 aliphatic carbocycles. The van der Waals surface area contributed by atoms with Gasteiger partial charge in [0.15, 0.2) is 0 Å². The lowest BCUT2D eigenvalue weighted by Gasteiger charge is -2.21. The molecule has 0 bridgehead atoms. The minimum atomic E-state index is -0.539. The lowest BCUT2D eigenvalue weighted by molar-refractivity contribution is 0.0706. The van der Waals surface area contributed by atoms with Gasteiger partial charge in [-0.2, -0.15) is 0 Å². The van der Waals surface area contributed by atoms with Gasteiger partial charge in [-0.25, -0.2) is 5.48 Å². The second kappa shape index (κ2) is 8.86. The Morgan fingerprint density at radius 3 is 2.42 bits per heavy atom. The van der Waals surface area contributed by atoms with E-state index in [1.807, 2.05) is 18.2 Å². The Labute approximate surface area is 141 Å². The average Bonchev–Trinajstić information content (AvgIpc) is 2.63. The van der Waals surface area contributed by atoms with Gasteiger partial charge in [0.1, 0.15) is 0 Å². The molecule has 1 unspecified atom stereocenters. The molecular formula is C19H22N2O3. The smallest absolute Gasteiger partial charge is 0.274 e. The van der Waals surface area contributed by atoms with Gasteiger partial charge >= 0.3 is 0 Å². The van der Waals surface area contributed by atoms with Gasteiger partial charge in [-0.15, -0.1) is 0 Å². The molecule has 5 heteroatoms. The summed E-state index contributed by atoms with van der Waals surface area (Å²) in [5.41, 5.74) is 4.85. The zero-order valence-corrected chi connectivity index (χ0v) is 13.7. The van der Waals surface area contributed by atoms with E-state index in [0.29, 0.717) is 12.2 Å². The third-order valence-corrected chi connectivity index (χ3v) is 3.79. The zero-order chi connectivity index (χ0) is 17.4. The van der Waals surface area contributed by atoms with Gasteiger partial charge in [-0.3, -0.25) is 10.0 Å².